The minimum Gasteiger partial charge on any atom is -0.299 e. The molecule has 60 valence electrons. The van der Waals surface area contributed by atoms with Crippen LogP contribution in [0.25, 0.3) is 0 Å². The molecule has 0 aromatic heterocycles. The van der Waals surface area contributed by atoms with E-state index in [-0.39, 0.29) is 12.3 Å². The Labute approximate surface area is 60.9 Å². The number of hydrogen-bond donors (Lipinski definition) is 0. The van der Waals surface area contributed by atoms with Gasteiger partial charge in [-0.1, -0.05) is 0 Å². The molecule has 0 rings (SSSR count). The Balaban J connectivity index is 4.12. The Kier molecular flexibility index (Phi) is 2.98. The lowest BCUT2D eigenvalue weighted by atomic mass is 10.5. The summed E-state index contributed by atoms with van der Waals surface area (Å²) in [4.78, 5) is 10.4. The molecule has 0 bridgehead atoms. The molecule has 4 nitrogen and oxygen atoms in total. The molecule has 0 saturated carbocycles. The molecule has 5 heteroatoms. The molecule has 0 saturated heterocycles. The van der Waals surface area contributed by atoms with Crippen LogP contribution in [0.3, 0.4) is 0 Å². The first-order valence-corrected chi connectivity index (χ1v) is 4.59. The van der Waals surface area contributed by atoms with E-state index < -0.39 is 10.0 Å². The van der Waals surface area contributed by atoms with E-state index in [0.29, 0.717) is 0 Å². The number of carbonyl (C=O) groups is 1. The first kappa shape index (κ1) is 9.58. The third kappa shape index (κ3) is 3.58. The molecule has 10 heavy (non-hydrogen) atoms. The molecule has 0 aromatic carbocycles. The van der Waals surface area contributed by atoms with Gasteiger partial charge in [0.05, 0.1) is 12.8 Å². The molecular weight excluding hydrogens is 154 g/mol. The van der Waals surface area contributed by atoms with Crippen molar-refractivity contribution in [1.29, 1.82) is 0 Å². The second-order valence-electron chi connectivity index (χ2n) is 2.22. The average Bonchev–Trinajstić information content (AvgIpc) is 1.60. The summed E-state index contributed by atoms with van der Waals surface area (Å²) in [5, 5.41) is 0. The second-order valence-corrected chi connectivity index (χ2v) is 4.31. The zero-order valence-corrected chi connectivity index (χ0v) is 7.10. The van der Waals surface area contributed by atoms with Gasteiger partial charge in [0.2, 0.25) is 10.0 Å². The lowest BCUT2D eigenvalue weighted by Gasteiger charge is -2.10. The van der Waals surface area contributed by atoms with Gasteiger partial charge in [-0.05, 0) is 6.92 Å². The zero-order valence-electron chi connectivity index (χ0n) is 6.29. The van der Waals surface area contributed by atoms with Gasteiger partial charge in [0.1, 0.15) is 5.78 Å². The van der Waals surface area contributed by atoms with Gasteiger partial charge in [0.15, 0.2) is 0 Å². The summed E-state index contributed by atoms with van der Waals surface area (Å²) in [6.07, 6.45) is 1.07. The summed E-state index contributed by atoms with van der Waals surface area (Å²) in [5.41, 5.74) is 0. The molecule has 0 spiro atoms. The maximum absolute atomic E-state index is 10.6. The largest absolute Gasteiger partial charge is 0.299 e. The van der Waals surface area contributed by atoms with Gasteiger partial charge in [-0.2, -0.15) is 4.31 Å². The summed E-state index contributed by atoms with van der Waals surface area (Å²) in [6.45, 7) is 1.31. The molecule has 0 unspecified atom stereocenters. The van der Waals surface area contributed by atoms with Gasteiger partial charge in [0, 0.05) is 7.05 Å². The molecule has 0 N–H and O–H groups in total. The number of Topliss-reactive ketones (excluding diaryl/α,β-unsaturated/α-hetero) is 1. The molecule has 0 amide bonds. The Hall–Kier alpha value is -0.420. The number of likely N-dealkylation sites (N-methyl/N-ethyl adjacent to an activating group) is 1. The van der Waals surface area contributed by atoms with Crippen LogP contribution in [0.4, 0.5) is 0 Å². The van der Waals surface area contributed by atoms with E-state index >= 15 is 0 Å². The van der Waals surface area contributed by atoms with E-state index in [4.69, 9.17) is 0 Å². The molecule has 0 radical (unpaired) electrons. The normalized spacial score (nSPS) is 12.0. The Morgan fingerprint density at radius 2 is 1.90 bits per heavy atom. The maximum Gasteiger partial charge on any atom is 0.211 e. The topological polar surface area (TPSA) is 54.5 Å². The predicted molar refractivity (Wildman–Crippen MR) is 38.2 cm³/mol. The van der Waals surface area contributed by atoms with Crippen molar-refractivity contribution < 1.29 is 13.2 Å². The molecular formula is C5H11NO3S. The fourth-order valence-electron chi connectivity index (χ4n) is 0.431. The summed E-state index contributed by atoms with van der Waals surface area (Å²) >= 11 is 0. The van der Waals surface area contributed by atoms with Crippen molar-refractivity contribution in [2.24, 2.45) is 0 Å². The average molecular weight is 165 g/mol. The first-order valence-electron chi connectivity index (χ1n) is 2.75. The summed E-state index contributed by atoms with van der Waals surface area (Å²) < 4.78 is 22.3. The van der Waals surface area contributed by atoms with Crippen molar-refractivity contribution in [2.45, 2.75) is 6.92 Å². The number of nitrogens with zero attached hydrogens (tertiary/aromatic N) is 1. The van der Waals surface area contributed by atoms with Crippen LogP contribution < -0.4 is 0 Å². The van der Waals surface area contributed by atoms with Crippen LogP contribution >= 0.6 is 0 Å². The smallest absolute Gasteiger partial charge is 0.211 e. The maximum atomic E-state index is 10.6. The molecule has 0 heterocycles. The molecule has 0 aliphatic heterocycles. The van der Waals surface area contributed by atoms with E-state index in [2.05, 4.69) is 0 Å². The highest BCUT2D eigenvalue weighted by molar-refractivity contribution is 7.88. The standard InChI is InChI=1S/C5H11NO3S/c1-5(7)4-6(2)10(3,8)9/h4H2,1-3H3. The van der Waals surface area contributed by atoms with Crippen molar-refractivity contribution >= 4 is 15.8 Å². The van der Waals surface area contributed by atoms with Crippen LogP contribution in [0, 0.1) is 0 Å². The Morgan fingerprint density at radius 1 is 1.50 bits per heavy atom. The molecule has 0 atom stereocenters. The quantitative estimate of drug-likeness (QED) is 0.564. The SMILES string of the molecule is CC(=O)CN(C)S(C)(=O)=O. The van der Waals surface area contributed by atoms with Crippen LogP contribution in [-0.2, 0) is 14.8 Å². The van der Waals surface area contributed by atoms with E-state index in [1.54, 1.807) is 0 Å². The first-order chi connectivity index (χ1) is 4.34. The highest BCUT2D eigenvalue weighted by atomic mass is 32.2. The van der Waals surface area contributed by atoms with Crippen LogP contribution in [0.1, 0.15) is 6.92 Å². The Bertz CT molecular complexity index is 219. The van der Waals surface area contributed by atoms with Crippen LogP contribution in [0.15, 0.2) is 0 Å². The molecule has 0 aliphatic carbocycles. The van der Waals surface area contributed by atoms with Gasteiger partial charge < -0.3 is 0 Å². The summed E-state index contributed by atoms with van der Waals surface area (Å²) in [5.74, 6) is -0.159. The Morgan fingerprint density at radius 3 is 2.00 bits per heavy atom. The van der Waals surface area contributed by atoms with E-state index in [1.807, 2.05) is 0 Å². The van der Waals surface area contributed by atoms with Gasteiger partial charge in [-0.3, -0.25) is 4.79 Å². The van der Waals surface area contributed by atoms with Crippen LogP contribution in [-0.4, -0.2) is 38.4 Å². The number of sulfonamides is 1. The van der Waals surface area contributed by atoms with Crippen LogP contribution in [0.2, 0.25) is 0 Å². The van der Waals surface area contributed by atoms with Crippen LogP contribution in [0.5, 0.6) is 0 Å². The minimum atomic E-state index is -3.19. The molecule has 0 fully saturated rings. The monoisotopic (exact) mass is 165 g/mol. The van der Waals surface area contributed by atoms with Crippen molar-refractivity contribution in [2.75, 3.05) is 19.8 Å². The number of carbonyl (C=O) groups excluding carboxylic acids is 1. The third-order valence-corrected chi connectivity index (χ3v) is 2.27. The van der Waals surface area contributed by atoms with Gasteiger partial charge in [-0.15, -0.1) is 0 Å². The van der Waals surface area contributed by atoms with E-state index in [9.17, 15) is 13.2 Å². The minimum absolute atomic E-state index is 0.0428. The van der Waals surface area contributed by atoms with Crippen molar-refractivity contribution in [3.63, 3.8) is 0 Å². The highest BCUT2D eigenvalue weighted by Gasteiger charge is 2.11. The van der Waals surface area contributed by atoms with Crippen molar-refractivity contribution in [1.82, 2.24) is 4.31 Å². The molecule has 0 aromatic rings. The zero-order chi connectivity index (χ0) is 8.36. The van der Waals surface area contributed by atoms with E-state index in [0.717, 1.165) is 10.6 Å². The summed E-state index contributed by atoms with van der Waals surface area (Å²) in [6, 6.07) is 0. The van der Waals surface area contributed by atoms with Crippen molar-refractivity contribution in [3.05, 3.63) is 0 Å². The van der Waals surface area contributed by atoms with Crippen molar-refractivity contribution in [3.8, 4) is 0 Å². The van der Waals surface area contributed by atoms with Gasteiger partial charge >= 0.3 is 0 Å². The van der Waals surface area contributed by atoms with Gasteiger partial charge in [-0.25, -0.2) is 8.42 Å². The number of hydrogen-bond acceptors (Lipinski definition) is 3. The fourth-order valence-corrected chi connectivity index (χ4v) is 0.847. The lowest BCUT2D eigenvalue weighted by molar-refractivity contribution is -0.117. The molecule has 0 aliphatic rings. The third-order valence-electron chi connectivity index (χ3n) is 1.01. The predicted octanol–water partition coefficient (Wildman–Crippen LogP) is -0.533. The van der Waals surface area contributed by atoms with E-state index in [1.165, 1.54) is 14.0 Å². The van der Waals surface area contributed by atoms with Gasteiger partial charge in [0.25, 0.3) is 0 Å². The summed E-state index contributed by atoms with van der Waals surface area (Å²) in [7, 11) is -1.81. The highest BCUT2D eigenvalue weighted by Crippen LogP contribution is 1.91. The number of ketones is 1. The fraction of sp³-hybridized carbons (Fsp3) is 0.800. The lowest BCUT2D eigenvalue weighted by Crippen LogP contribution is -2.29. The number of rotatable bonds is 3. The second kappa shape index (κ2) is 3.12.